The zero-order valence-electron chi connectivity index (χ0n) is 14.7. The molecule has 146 valence electrons. The van der Waals surface area contributed by atoms with Gasteiger partial charge in [-0.05, 0) is 49.4 Å². The zero-order valence-corrected chi connectivity index (χ0v) is 15.5. The third-order valence-corrected chi connectivity index (χ3v) is 5.93. The van der Waals surface area contributed by atoms with E-state index in [0.29, 0.717) is 10.2 Å². The molecule has 1 aromatic carbocycles. The molecule has 9 heteroatoms. The van der Waals surface area contributed by atoms with Gasteiger partial charge in [-0.1, -0.05) is 6.07 Å². The van der Waals surface area contributed by atoms with Gasteiger partial charge >= 0.3 is 6.18 Å². The summed E-state index contributed by atoms with van der Waals surface area (Å²) in [6.07, 6.45) is 0.693. The molecule has 0 saturated carbocycles. The summed E-state index contributed by atoms with van der Waals surface area (Å²) in [4.78, 5) is 31.3. The van der Waals surface area contributed by atoms with Crippen LogP contribution in [0.3, 0.4) is 0 Å². The number of fused-ring (bicyclic) bond motifs is 3. The largest absolute Gasteiger partial charge is 0.416 e. The zero-order chi connectivity index (χ0) is 19.9. The Morgan fingerprint density at radius 2 is 2.04 bits per heavy atom. The Bertz CT molecular complexity index is 1120. The van der Waals surface area contributed by atoms with E-state index in [1.54, 1.807) is 0 Å². The van der Waals surface area contributed by atoms with Crippen LogP contribution in [0, 0.1) is 0 Å². The van der Waals surface area contributed by atoms with E-state index in [0.717, 1.165) is 43.4 Å². The highest BCUT2D eigenvalue weighted by Gasteiger charge is 2.30. The number of nitrogens with one attached hydrogen (secondary N) is 1. The fourth-order valence-corrected chi connectivity index (χ4v) is 4.64. The molecule has 2 aromatic heterocycles. The third-order valence-electron chi connectivity index (χ3n) is 4.73. The smallest absolute Gasteiger partial charge is 0.325 e. The van der Waals surface area contributed by atoms with Gasteiger partial charge in [0.25, 0.3) is 5.56 Å². The molecule has 0 radical (unpaired) electrons. The first-order chi connectivity index (χ1) is 13.3. The number of anilines is 1. The second kappa shape index (κ2) is 7.05. The number of alkyl halides is 3. The minimum Gasteiger partial charge on any atom is -0.325 e. The van der Waals surface area contributed by atoms with E-state index >= 15 is 0 Å². The van der Waals surface area contributed by atoms with Crippen molar-refractivity contribution in [2.45, 2.75) is 38.4 Å². The van der Waals surface area contributed by atoms with Gasteiger partial charge < -0.3 is 5.32 Å². The van der Waals surface area contributed by atoms with Crippen LogP contribution in [0.5, 0.6) is 0 Å². The van der Waals surface area contributed by atoms with Gasteiger partial charge in [0.2, 0.25) is 5.91 Å². The molecule has 0 fully saturated rings. The normalized spacial score (nSPS) is 14.1. The predicted molar refractivity (Wildman–Crippen MR) is 101 cm³/mol. The molecule has 0 aliphatic heterocycles. The molecule has 1 aliphatic rings. The molecule has 1 aliphatic carbocycles. The van der Waals surface area contributed by atoms with Crippen molar-refractivity contribution in [3.8, 4) is 0 Å². The lowest BCUT2D eigenvalue weighted by Crippen LogP contribution is -2.28. The molecule has 28 heavy (non-hydrogen) atoms. The second-order valence-corrected chi connectivity index (χ2v) is 7.78. The lowest BCUT2D eigenvalue weighted by Gasteiger charge is -2.11. The van der Waals surface area contributed by atoms with E-state index in [-0.39, 0.29) is 17.8 Å². The quantitative estimate of drug-likeness (QED) is 0.714. The van der Waals surface area contributed by atoms with E-state index in [1.165, 1.54) is 39.2 Å². The Morgan fingerprint density at radius 1 is 1.25 bits per heavy atom. The van der Waals surface area contributed by atoms with Crippen LogP contribution in [-0.4, -0.2) is 15.5 Å². The summed E-state index contributed by atoms with van der Waals surface area (Å²) < 4.78 is 39.6. The van der Waals surface area contributed by atoms with Crippen LogP contribution in [-0.2, 0) is 30.4 Å². The average molecular weight is 407 g/mol. The first kappa shape index (κ1) is 18.7. The Labute approximate surface area is 161 Å². The molecule has 0 spiro atoms. The topological polar surface area (TPSA) is 64.0 Å². The molecule has 5 nitrogen and oxygen atoms in total. The number of carbonyl (C=O) groups excluding carboxylic acids is 1. The van der Waals surface area contributed by atoms with Crippen LogP contribution < -0.4 is 10.9 Å². The summed E-state index contributed by atoms with van der Waals surface area (Å²) in [5.41, 5.74) is -0.0924. The summed E-state index contributed by atoms with van der Waals surface area (Å²) in [5, 5.41) is 2.97. The first-order valence-electron chi connectivity index (χ1n) is 8.80. The molecule has 3 aromatic rings. The fourth-order valence-electron chi connectivity index (χ4n) is 3.42. The summed E-state index contributed by atoms with van der Waals surface area (Å²) in [7, 11) is 0. The number of rotatable bonds is 3. The molecule has 0 bridgehead atoms. The number of thiophene rings is 1. The SMILES string of the molecule is O=C(Cn1cnc2sc3c(c2c1=O)CCCC3)Nc1cccc(C(F)(F)F)c1. The average Bonchev–Trinajstić information content (AvgIpc) is 3.03. The predicted octanol–water partition coefficient (Wildman–Crippen LogP) is 3.99. The second-order valence-electron chi connectivity index (χ2n) is 6.70. The van der Waals surface area contributed by atoms with E-state index in [9.17, 15) is 22.8 Å². The summed E-state index contributed by atoms with van der Waals surface area (Å²) in [6, 6.07) is 4.37. The molecule has 0 atom stereocenters. The maximum Gasteiger partial charge on any atom is 0.416 e. The van der Waals surface area contributed by atoms with Crippen LogP contribution in [0.25, 0.3) is 10.2 Å². The number of hydrogen-bond acceptors (Lipinski definition) is 4. The van der Waals surface area contributed by atoms with Crippen molar-refractivity contribution in [1.82, 2.24) is 9.55 Å². The number of aryl methyl sites for hydroxylation is 2. The van der Waals surface area contributed by atoms with E-state index in [4.69, 9.17) is 0 Å². The number of halogens is 3. The lowest BCUT2D eigenvalue weighted by molar-refractivity contribution is -0.137. The Balaban J connectivity index is 1.58. The van der Waals surface area contributed by atoms with Gasteiger partial charge in [-0.15, -0.1) is 11.3 Å². The summed E-state index contributed by atoms with van der Waals surface area (Å²) >= 11 is 1.52. The minimum absolute atomic E-state index is 0.0230. The van der Waals surface area contributed by atoms with Gasteiger partial charge in [0.15, 0.2) is 0 Å². The first-order valence-corrected chi connectivity index (χ1v) is 9.61. The van der Waals surface area contributed by atoms with Crippen molar-refractivity contribution < 1.29 is 18.0 Å². The number of hydrogen-bond donors (Lipinski definition) is 1. The number of amides is 1. The maximum atomic E-state index is 12.8. The van der Waals surface area contributed by atoms with Crippen molar-refractivity contribution in [2.75, 3.05) is 5.32 Å². The molecular weight excluding hydrogens is 391 g/mol. The summed E-state index contributed by atoms with van der Waals surface area (Å²) in [6.45, 7) is -0.317. The molecule has 1 N–H and O–H groups in total. The number of carbonyl (C=O) groups is 1. The number of aromatic nitrogens is 2. The van der Waals surface area contributed by atoms with Crippen molar-refractivity contribution in [1.29, 1.82) is 0 Å². The van der Waals surface area contributed by atoms with Gasteiger partial charge in [-0.3, -0.25) is 14.2 Å². The molecule has 2 heterocycles. The Hall–Kier alpha value is -2.68. The van der Waals surface area contributed by atoms with Gasteiger partial charge in [0.05, 0.1) is 17.3 Å². The van der Waals surface area contributed by atoms with Crippen LogP contribution in [0.4, 0.5) is 18.9 Å². The Kier molecular flexibility index (Phi) is 4.70. The van der Waals surface area contributed by atoms with Crippen LogP contribution in [0.15, 0.2) is 35.4 Å². The van der Waals surface area contributed by atoms with Gasteiger partial charge in [-0.25, -0.2) is 4.98 Å². The standard InChI is InChI=1S/C19H16F3N3O2S/c20-19(21,22)11-4-3-5-12(8-11)24-15(26)9-25-10-23-17-16(18(25)27)13-6-1-2-7-14(13)28-17/h3-5,8,10H,1-2,6-7,9H2,(H,24,26). The molecule has 4 rings (SSSR count). The Morgan fingerprint density at radius 3 is 2.82 bits per heavy atom. The third kappa shape index (κ3) is 3.54. The highest BCUT2D eigenvalue weighted by Crippen LogP contribution is 2.33. The molecule has 0 unspecified atom stereocenters. The fraction of sp³-hybridized carbons (Fsp3) is 0.316. The van der Waals surface area contributed by atoms with Crippen LogP contribution in [0.2, 0.25) is 0 Å². The lowest BCUT2D eigenvalue weighted by atomic mass is 9.97. The van der Waals surface area contributed by atoms with Crippen molar-refractivity contribution in [3.05, 3.63) is 57.0 Å². The monoisotopic (exact) mass is 407 g/mol. The van der Waals surface area contributed by atoms with Gasteiger partial charge in [-0.2, -0.15) is 13.2 Å². The van der Waals surface area contributed by atoms with E-state index < -0.39 is 17.6 Å². The molecular formula is C19H16F3N3O2S. The highest BCUT2D eigenvalue weighted by molar-refractivity contribution is 7.18. The highest BCUT2D eigenvalue weighted by atomic mass is 32.1. The van der Waals surface area contributed by atoms with Gasteiger partial charge in [0.1, 0.15) is 11.4 Å². The van der Waals surface area contributed by atoms with E-state index in [1.807, 2.05) is 0 Å². The van der Waals surface area contributed by atoms with Crippen molar-refractivity contribution in [2.24, 2.45) is 0 Å². The van der Waals surface area contributed by atoms with Gasteiger partial charge in [0, 0.05) is 10.6 Å². The minimum atomic E-state index is -4.50. The maximum absolute atomic E-state index is 12.8. The van der Waals surface area contributed by atoms with Crippen molar-refractivity contribution in [3.63, 3.8) is 0 Å². The number of benzene rings is 1. The van der Waals surface area contributed by atoms with E-state index in [2.05, 4.69) is 10.3 Å². The summed E-state index contributed by atoms with van der Waals surface area (Å²) in [5.74, 6) is -0.591. The van der Waals surface area contributed by atoms with Crippen LogP contribution >= 0.6 is 11.3 Å². The van der Waals surface area contributed by atoms with Crippen LogP contribution in [0.1, 0.15) is 28.8 Å². The van der Waals surface area contributed by atoms with Crippen molar-refractivity contribution >= 4 is 33.1 Å². The molecule has 0 saturated heterocycles. The number of nitrogens with zero attached hydrogens (tertiary/aromatic N) is 2. The molecule has 1 amide bonds.